The molecule has 3 unspecified atom stereocenters. The summed E-state index contributed by atoms with van der Waals surface area (Å²) in [6.07, 6.45) is 0.681. The van der Waals surface area contributed by atoms with Crippen LogP contribution in [-0.4, -0.2) is 41.4 Å². The van der Waals surface area contributed by atoms with E-state index < -0.39 is 35.2 Å². The molecule has 2 aliphatic rings. The third kappa shape index (κ3) is 5.23. The van der Waals surface area contributed by atoms with E-state index in [1.54, 1.807) is 6.07 Å². The Morgan fingerprint density at radius 2 is 1.84 bits per heavy atom. The molecule has 3 nitrogen and oxygen atoms in total. The van der Waals surface area contributed by atoms with Crippen molar-refractivity contribution in [3.8, 4) is 11.1 Å². The topological polar surface area (TPSA) is 32.3 Å². The highest BCUT2D eigenvalue weighted by atomic mass is 32.2. The van der Waals surface area contributed by atoms with Crippen molar-refractivity contribution in [2.75, 3.05) is 12.3 Å². The van der Waals surface area contributed by atoms with Crippen molar-refractivity contribution in [2.24, 2.45) is 5.92 Å². The lowest BCUT2D eigenvalue weighted by atomic mass is 9.92. The Labute approximate surface area is 184 Å². The Balaban J connectivity index is 0.000000628. The van der Waals surface area contributed by atoms with Gasteiger partial charge in [0.2, 0.25) is 6.41 Å². The van der Waals surface area contributed by atoms with E-state index in [9.17, 15) is 18.0 Å². The first kappa shape index (κ1) is 23.6. The largest absolute Gasteiger partial charge is 0.337 e. The smallest absolute Gasteiger partial charge is 0.210 e. The van der Waals surface area contributed by atoms with Crippen LogP contribution in [0.4, 0.5) is 17.6 Å². The minimum absolute atomic E-state index is 0.0394. The summed E-state index contributed by atoms with van der Waals surface area (Å²) < 4.78 is 60.0. The number of fused-ring (bicyclic) bond motifs is 1. The molecule has 4 rings (SSSR count). The maximum Gasteiger partial charge on any atom is 0.210 e. The van der Waals surface area contributed by atoms with E-state index >= 15 is 4.39 Å². The predicted octanol–water partition coefficient (Wildman–Crippen LogP) is 5.14. The minimum atomic E-state index is -1.55. The summed E-state index contributed by atoms with van der Waals surface area (Å²) in [6.45, 7) is 6.46. The average Bonchev–Trinajstić information content (AvgIpc) is 3.17. The molecule has 2 aliphatic heterocycles. The molecule has 168 valence electrons. The number of hydrogen-bond donors (Lipinski definition) is 1. The number of nitrogens with zero attached hydrogens (tertiary/aromatic N) is 1. The average molecular weight is 455 g/mol. The van der Waals surface area contributed by atoms with Crippen molar-refractivity contribution in [1.82, 2.24) is 9.62 Å². The van der Waals surface area contributed by atoms with E-state index in [0.717, 1.165) is 24.1 Å². The van der Waals surface area contributed by atoms with E-state index in [1.807, 2.05) is 0 Å². The van der Waals surface area contributed by atoms with Crippen LogP contribution in [0.25, 0.3) is 11.1 Å². The van der Waals surface area contributed by atoms with Crippen LogP contribution in [-0.2, 0) is 11.2 Å². The summed E-state index contributed by atoms with van der Waals surface area (Å²) in [5, 5.41) is 0. The molecule has 0 spiro atoms. The molecule has 2 aromatic carbocycles. The third-order valence-corrected chi connectivity index (χ3v) is 6.20. The Bertz CT molecular complexity index is 919. The summed E-state index contributed by atoms with van der Waals surface area (Å²) in [5.74, 6) is -1.17. The van der Waals surface area contributed by atoms with Gasteiger partial charge in [0, 0.05) is 17.4 Å². The fourth-order valence-electron chi connectivity index (χ4n) is 3.87. The second-order valence-electron chi connectivity index (χ2n) is 8.64. The lowest BCUT2D eigenvalue weighted by Crippen LogP contribution is -2.44. The zero-order valence-electron chi connectivity index (χ0n) is 17.7. The maximum absolute atomic E-state index is 15.1. The number of carbonyl (C=O) groups is 1. The predicted molar refractivity (Wildman–Crippen MR) is 116 cm³/mol. The molecule has 2 fully saturated rings. The van der Waals surface area contributed by atoms with Crippen molar-refractivity contribution in [3.05, 3.63) is 59.4 Å². The van der Waals surface area contributed by atoms with Gasteiger partial charge in [-0.25, -0.2) is 17.6 Å². The van der Waals surface area contributed by atoms with Crippen molar-refractivity contribution in [2.45, 2.75) is 44.9 Å². The molecule has 2 saturated heterocycles. The number of likely N-dealkylation sites (tertiary alicyclic amines) is 1. The molecule has 0 aromatic heterocycles. The van der Waals surface area contributed by atoms with Gasteiger partial charge in [0.15, 0.2) is 5.67 Å². The minimum Gasteiger partial charge on any atom is -0.337 e. The number of nitrogens with one attached hydrogen (secondary N) is 1. The molecule has 2 aromatic rings. The van der Waals surface area contributed by atoms with Crippen molar-refractivity contribution < 1.29 is 22.4 Å². The van der Waals surface area contributed by atoms with Gasteiger partial charge in [-0.15, -0.1) is 0 Å². The summed E-state index contributed by atoms with van der Waals surface area (Å²) in [7, 11) is 0. The molecule has 8 heteroatoms. The number of carbonyl (C=O) groups excluding carboxylic acids is 1. The van der Waals surface area contributed by atoms with Crippen LogP contribution in [0.1, 0.15) is 26.3 Å². The summed E-state index contributed by atoms with van der Waals surface area (Å²) in [4.78, 5) is 12.7. The maximum atomic E-state index is 15.1. The number of halogens is 4. The number of rotatable bonds is 4. The van der Waals surface area contributed by atoms with E-state index in [-0.39, 0.29) is 35.4 Å². The molecule has 1 amide bonds. The second-order valence-corrected chi connectivity index (χ2v) is 9.45. The lowest BCUT2D eigenvalue weighted by Gasteiger charge is -2.24. The van der Waals surface area contributed by atoms with Crippen LogP contribution >= 0.6 is 11.9 Å². The number of benzene rings is 2. The van der Waals surface area contributed by atoms with Gasteiger partial charge in [0.1, 0.15) is 17.5 Å². The highest BCUT2D eigenvalue weighted by Crippen LogP contribution is 2.40. The molecular weight excluding hydrogens is 428 g/mol. The van der Waals surface area contributed by atoms with Gasteiger partial charge in [0.25, 0.3) is 0 Å². The van der Waals surface area contributed by atoms with Gasteiger partial charge in [-0.2, -0.15) is 0 Å². The van der Waals surface area contributed by atoms with E-state index in [0.29, 0.717) is 6.41 Å². The van der Waals surface area contributed by atoms with Gasteiger partial charge >= 0.3 is 0 Å². The number of amides is 1. The van der Waals surface area contributed by atoms with Crippen LogP contribution in [0.5, 0.6) is 0 Å². The molecule has 3 atom stereocenters. The molecular formula is C23H26F4N2OS. The summed E-state index contributed by atoms with van der Waals surface area (Å²) in [5.41, 5.74) is -1.14. The van der Waals surface area contributed by atoms with Crippen molar-refractivity contribution in [3.63, 3.8) is 0 Å². The van der Waals surface area contributed by atoms with E-state index in [4.69, 9.17) is 0 Å². The number of hydrogen-bond acceptors (Lipinski definition) is 3. The first-order chi connectivity index (χ1) is 14.6. The van der Waals surface area contributed by atoms with Crippen molar-refractivity contribution in [1.29, 1.82) is 0 Å². The highest BCUT2D eigenvalue weighted by molar-refractivity contribution is 7.97. The summed E-state index contributed by atoms with van der Waals surface area (Å²) in [6, 6.07) is 6.24. The van der Waals surface area contributed by atoms with Crippen LogP contribution in [0.15, 0.2) is 36.4 Å². The van der Waals surface area contributed by atoms with Gasteiger partial charge < -0.3 is 4.90 Å². The quantitative estimate of drug-likeness (QED) is 0.394. The first-order valence-corrected chi connectivity index (χ1v) is 11.1. The standard InChI is InChI=1S/C19H16F4N2OS.C4H10/c20-13-4-12(5-14(21)7-13)15-3-1-2-11(17(15)22)6-16-18-19(23,9-27-24-18)8-25(16)10-26;1-4(2)3/h1-5,7,10,16,18,24H,6,8-9H2;4H,1-3H3. The van der Waals surface area contributed by atoms with Gasteiger partial charge in [-0.05, 0) is 35.6 Å². The normalized spacial score (nSPS) is 24.7. The Kier molecular flexibility index (Phi) is 7.31. The van der Waals surface area contributed by atoms with Gasteiger partial charge in [-0.1, -0.05) is 50.9 Å². The van der Waals surface area contributed by atoms with E-state index in [1.165, 1.54) is 29.0 Å². The number of alkyl halides is 1. The Morgan fingerprint density at radius 3 is 2.45 bits per heavy atom. The Hall–Kier alpha value is -2.06. The fourth-order valence-corrected chi connectivity index (χ4v) is 5.01. The molecule has 2 heterocycles. The molecule has 0 bridgehead atoms. The SMILES string of the molecule is CC(C)C.O=CN1CC2(F)CSNC2C1Cc1cccc(-c2cc(F)cc(F)c2)c1F. The zero-order valence-corrected chi connectivity index (χ0v) is 18.5. The van der Waals surface area contributed by atoms with Crippen LogP contribution < -0.4 is 4.72 Å². The third-order valence-electron chi connectivity index (χ3n) is 5.15. The molecule has 0 aliphatic carbocycles. The lowest BCUT2D eigenvalue weighted by molar-refractivity contribution is -0.119. The fraction of sp³-hybridized carbons (Fsp3) is 0.435. The van der Waals surface area contributed by atoms with Gasteiger partial charge in [0.05, 0.1) is 18.6 Å². The highest BCUT2D eigenvalue weighted by Gasteiger charge is 2.56. The zero-order chi connectivity index (χ0) is 22.8. The van der Waals surface area contributed by atoms with Gasteiger partial charge in [-0.3, -0.25) is 9.52 Å². The van der Waals surface area contributed by atoms with Crippen molar-refractivity contribution >= 4 is 18.4 Å². The molecule has 0 radical (unpaired) electrons. The first-order valence-electron chi connectivity index (χ1n) is 10.2. The Morgan fingerprint density at radius 1 is 1.19 bits per heavy atom. The van der Waals surface area contributed by atoms with Crippen LogP contribution in [0, 0.1) is 23.4 Å². The second kappa shape index (κ2) is 9.61. The van der Waals surface area contributed by atoms with Crippen LogP contribution in [0.2, 0.25) is 0 Å². The van der Waals surface area contributed by atoms with E-state index in [2.05, 4.69) is 25.5 Å². The molecule has 31 heavy (non-hydrogen) atoms. The molecule has 1 N–H and O–H groups in total. The molecule has 0 saturated carbocycles. The summed E-state index contributed by atoms with van der Waals surface area (Å²) >= 11 is 1.25. The monoisotopic (exact) mass is 454 g/mol. The van der Waals surface area contributed by atoms with Crippen LogP contribution in [0.3, 0.4) is 0 Å².